The summed E-state index contributed by atoms with van der Waals surface area (Å²) < 4.78 is 4.73. The normalized spacial score (nSPS) is 18.6. The van der Waals surface area contributed by atoms with Gasteiger partial charge in [0.25, 0.3) is 0 Å². The van der Waals surface area contributed by atoms with Crippen molar-refractivity contribution >= 4 is 11.9 Å². The number of carbonyl (C=O) groups is 2. The van der Waals surface area contributed by atoms with Crippen LogP contribution in [0.1, 0.15) is 39.0 Å². The molecule has 0 bridgehead atoms. The largest absolute Gasteiger partial charge is 0.480 e. The number of hydrogen-bond donors (Lipinski definition) is 2. The second-order valence-electron chi connectivity index (χ2n) is 4.64. The monoisotopic (exact) mass is 243 g/mol. The number of carbonyl (C=O) groups excluding carboxylic acids is 1. The smallest absolute Gasteiger partial charge is 0.329 e. The third-order valence-corrected chi connectivity index (χ3v) is 3.20. The van der Waals surface area contributed by atoms with Gasteiger partial charge in [-0.05, 0) is 25.7 Å². The van der Waals surface area contributed by atoms with Gasteiger partial charge in [-0.25, -0.2) is 4.79 Å². The summed E-state index contributed by atoms with van der Waals surface area (Å²) in [6.45, 7) is 1.40. The Labute approximate surface area is 102 Å². The number of aliphatic carboxylic acids is 1. The van der Waals surface area contributed by atoms with Crippen molar-refractivity contribution in [3.8, 4) is 0 Å². The molecule has 0 aromatic rings. The van der Waals surface area contributed by atoms with Gasteiger partial charge in [0.05, 0.1) is 0 Å². The third kappa shape index (κ3) is 5.68. The Balaban J connectivity index is 2.18. The first kappa shape index (κ1) is 14.0. The topological polar surface area (TPSA) is 75.6 Å². The van der Waals surface area contributed by atoms with Crippen LogP contribution in [0, 0.1) is 5.92 Å². The first-order valence-corrected chi connectivity index (χ1v) is 6.18. The van der Waals surface area contributed by atoms with Gasteiger partial charge >= 0.3 is 5.97 Å². The zero-order valence-corrected chi connectivity index (χ0v) is 10.3. The van der Waals surface area contributed by atoms with E-state index in [2.05, 4.69) is 5.32 Å². The Morgan fingerprint density at radius 1 is 1.29 bits per heavy atom. The Hall–Kier alpha value is -1.10. The van der Waals surface area contributed by atoms with Crippen LogP contribution < -0.4 is 5.32 Å². The Bertz CT molecular complexity index is 261. The van der Waals surface area contributed by atoms with Crippen molar-refractivity contribution in [3.63, 3.8) is 0 Å². The predicted molar refractivity (Wildman–Crippen MR) is 62.6 cm³/mol. The second kappa shape index (κ2) is 7.27. The maximum Gasteiger partial charge on any atom is 0.329 e. The van der Waals surface area contributed by atoms with Gasteiger partial charge in [-0.2, -0.15) is 0 Å². The van der Waals surface area contributed by atoms with Gasteiger partial charge in [0, 0.05) is 6.04 Å². The van der Waals surface area contributed by atoms with Gasteiger partial charge in [0.15, 0.2) is 0 Å². The summed E-state index contributed by atoms with van der Waals surface area (Å²) in [4.78, 5) is 21.6. The van der Waals surface area contributed by atoms with Gasteiger partial charge in [0.1, 0.15) is 13.2 Å². The van der Waals surface area contributed by atoms with Gasteiger partial charge in [-0.1, -0.05) is 19.3 Å². The Kier molecular flexibility index (Phi) is 5.97. The SMILES string of the molecule is CC(NC(=O)COCC(=O)O)C1CCCCC1. The van der Waals surface area contributed by atoms with Gasteiger partial charge in [0.2, 0.25) is 5.91 Å². The molecule has 17 heavy (non-hydrogen) atoms. The molecule has 98 valence electrons. The van der Waals surface area contributed by atoms with E-state index in [1.165, 1.54) is 19.3 Å². The number of carboxylic acid groups (broad SMARTS) is 1. The summed E-state index contributed by atoms with van der Waals surface area (Å²) in [7, 11) is 0. The lowest BCUT2D eigenvalue weighted by molar-refractivity contribution is -0.143. The van der Waals surface area contributed by atoms with Crippen LogP contribution in [-0.2, 0) is 14.3 Å². The number of ether oxygens (including phenoxy) is 1. The molecule has 0 heterocycles. The average Bonchev–Trinajstić information content (AvgIpc) is 2.29. The van der Waals surface area contributed by atoms with Crippen LogP contribution in [0.3, 0.4) is 0 Å². The van der Waals surface area contributed by atoms with Crippen LogP contribution in [0.25, 0.3) is 0 Å². The van der Waals surface area contributed by atoms with Crippen LogP contribution in [0.4, 0.5) is 0 Å². The molecule has 1 amide bonds. The molecule has 0 spiro atoms. The molecule has 1 fully saturated rings. The number of nitrogens with one attached hydrogen (secondary N) is 1. The van der Waals surface area contributed by atoms with Crippen LogP contribution in [-0.4, -0.2) is 36.2 Å². The molecule has 1 rings (SSSR count). The van der Waals surface area contributed by atoms with E-state index in [4.69, 9.17) is 9.84 Å². The molecule has 0 saturated heterocycles. The first-order chi connectivity index (χ1) is 8.09. The maximum absolute atomic E-state index is 11.4. The highest BCUT2D eigenvalue weighted by Crippen LogP contribution is 2.26. The zero-order chi connectivity index (χ0) is 12.7. The van der Waals surface area contributed by atoms with Crippen molar-refractivity contribution in [1.82, 2.24) is 5.32 Å². The third-order valence-electron chi connectivity index (χ3n) is 3.20. The number of carboxylic acids is 1. The van der Waals surface area contributed by atoms with E-state index in [0.717, 1.165) is 12.8 Å². The van der Waals surface area contributed by atoms with Crippen molar-refractivity contribution in [2.75, 3.05) is 13.2 Å². The van der Waals surface area contributed by atoms with Crippen molar-refractivity contribution in [2.45, 2.75) is 45.1 Å². The molecule has 2 N–H and O–H groups in total. The van der Waals surface area contributed by atoms with Crippen LogP contribution in [0.2, 0.25) is 0 Å². The molecule has 0 aromatic heterocycles. The summed E-state index contributed by atoms with van der Waals surface area (Å²) in [6.07, 6.45) is 6.09. The molecule has 0 radical (unpaired) electrons. The van der Waals surface area contributed by atoms with E-state index in [1.807, 2.05) is 6.92 Å². The van der Waals surface area contributed by atoms with Crippen LogP contribution in [0.5, 0.6) is 0 Å². The van der Waals surface area contributed by atoms with E-state index in [1.54, 1.807) is 0 Å². The number of amides is 1. The van der Waals surface area contributed by atoms with Crippen LogP contribution in [0.15, 0.2) is 0 Å². The molecule has 0 aliphatic heterocycles. The highest BCUT2D eigenvalue weighted by atomic mass is 16.5. The molecule has 0 aromatic carbocycles. The second-order valence-corrected chi connectivity index (χ2v) is 4.64. The summed E-state index contributed by atoms with van der Waals surface area (Å²) in [5.74, 6) is -0.741. The minimum absolute atomic E-state index is 0.149. The molecule has 1 aliphatic carbocycles. The van der Waals surface area contributed by atoms with Gasteiger partial charge in [-0.3, -0.25) is 4.79 Å². The molecular formula is C12H21NO4. The van der Waals surface area contributed by atoms with Gasteiger partial charge < -0.3 is 15.2 Å². The molecular weight excluding hydrogens is 222 g/mol. The molecule has 5 heteroatoms. The molecule has 5 nitrogen and oxygen atoms in total. The quantitative estimate of drug-likeness (QED) is 0.734. The van der Waals surface area contributed by atoms with E-state index in [-0.39, 0.29) is 18.6 Å². The maximum atomic E-state index is 11.4. The zero-order valence-electron chi connectivity index (χ0n) is 10.3. The minimum Gasteiger partial charge on any atom is -0.480 e. The minimum atomic E-state index is -1.06. The summed E-state index contributed by atoms with van der Waals surface area (Å²) in [5.41, 5.74) is 0. The fourth-order valence-electron chi connectivity index (χ4n) is 2.28. The summed E-state index contributed by atoms with van der Waals surface area (Å²) >= 11 is 0. The summed E-state index contributed by atoms with van der Waals surface area (Å²) in [5, 5.41) is 11.2. The van der Waals surface area contributed by atoms with Crippen molar-refractivity contribution in [2.24, 2.45) is 5.92 Å². The average molecular weight is 243 g/mol. The van der Waals surface area contributed by atoms with Gasteiger partial charge in [-0.15, -0.1) is 0 Å². The number of hydrogen-bond acceptors (Lipinski definition) is 3. The Morgan fingerprint density at radius 3 is 2.53 bits per heavy atom. The fraction of sp³-hybridized carbons (Fsp3) is 0.833. The van der Waals surface area contributed by atoms with Crippen molar-refractivity contribution in [3.05, 3.63) is 0 Å². The fourth-order valence-corrected chi connectivity index (χ4v) is 2.28. The Morgan fingerprint density at radius 2 is 1.94 bits per heavy atom. The summed E-state index contributed by atoms with van der Waals surface area (Å²) in [6, 6.07) is 0.149. The molecule has 1 atom stereocenters. The van der Waals surface area contributed by atoms with E-state index in [9.17, 15) is 9.59 Å². The molecule has 1 aliphatic rings. The molecule has 1 unspecified atom stereocenters. The lowest BCUT2D eigenvalue weighted by atomic mass is 9.84. The van der Waals surface area contributed by atoms with E-state index in [0.29, 0.717) is 5.92 Å². The standard InChI is InChI=1S/C12H21NO4/c1-9(10-5-3-2-4-6-10)13-11(14)7-17-8-12(15)16/h9-10H,2-8H2,1H3,(H,13,14)(H,15,16). The lowest BCUT2D eigenvalue weighted by Crippen LogP contribution is -2.40. The van der Waals surface area contributed by atoms with Crippen molar-refractivity contribution in [1.29, 1.82) is 0 Å². The highest BCUT2D eigenvalue weighted by Gasteiger charge is 2.21. The first-order valence-electron chi connectivity index (χ1n) is 6.18. The number of rotatable bonds is 6. The predicted octanol–water partition coefficient (Wildman–Crippen LogP) is 1.17. The van der Waals surface area contributed by atoms with E-state index >= 15 is 0 Å². The van der Waals surface area contributed by atoms with E-state index < -0.39 is 12.6 Å². The van der Waals surface area contributed by atoms with Crippen molar-refractivity contribution < 1.29 is 19.4 Å². The molecule has 1 saturated carbocycles. The lowest BCUT2D eigenvalue weighted by Gasteiger charge is -2.28. The van der Waals surface area contributed by atoms with Crippen LogP contribution >= 0.6 is 0 Å². The highest BCUT2D eigenvalue weighted by molar-refractivity contribution is 5.78.